The van der Waals surface area contributed by atoms with Crippen molar-refractivity contribution in [2.24, 2.45) is 4.99 Å². The molecule has 3 rings (SSSR count). The normalized spacial score (nSPS) is 15.9. The highest BCUT2D eigenvalue weighted by Gasteiger charge is 2.14. The topological polar surface area (TPSA) is 45.5 Å². The second kappa shape index (κ2) is 3.50. The average Bonchev–Trinajstić information content (AvgIpc) is 2.84. The van der Waals surface area contributed by atoms with Crippen LogP contribution in [-0.2, 0) is 0 Å². The van der Waals surface area contributed by atoms with Gasteiger partial charge in [0.25, 0.3) is 0 Å². The molecule has 2 aromatic rings. The Labute approximate surface area is 94.9 Å². The molecule has 2 heterocycles. The van der Waals surface area contributed by atoms with Crippen molar-refractivity contribution in [1.29, 1.82) is 0 Å². The van der Waals surface area contributed by atoms with E-state index in [1.165, 1.54) is 0 Å². The van der Waals surface area contributed by atoms with Gasteiger partial charge in [0, 0.05) is 12.3 Å². The van der Waals surface area contributed by atoms with E-state index in [4.69, 9.17) is 0 Å². The van der Waals surface area contributed by atoms with Gasteiger partial charge in [0.1, 0.15) is 15.8 Å². The molecule has 1 N–H and O–H groups in total. The molecule has 0 saturated heterocycles. The number of hydrogen-bond acceptors (Lipinski definition) is 5. The van der Waals surface area contributed by atoms with Gasteiger partial charge in [0.2, 0.25) is 0 Å². The molecule has 0 spiro atoms. The number of aromatic hydroxyl groups is 1. The van der Waals surface area contributed by atoms with Crippen LogP contribution in [0.4, 0.5) is 0 Å². The van der Waals surface area contributed by atoms with Gasteiger partial charge < -0.3 is 5.11 Å². The molecule has 0 aliphatic carbocycles. The molecule has 1 aromatic heterocycles. The van der Waals surface area contributed by atoms with Crippen molar-refractivity contribution >= 4 is 38.4 Å². The van der Waals surface area contributed by atoms with Crippen LogP contribution in [0, 0.1) is 0 Å². The maximum Gasteiger partial charge on any atom is 0.149 e. The standard InChI is InChI=1S/C10H8N2OS2/c13-6-1-2-7-8(5-6)15-10(12-7)9-11-3-4-14-9/h1-2,5,13H,3-4H2. The molecule has 76 valence electrons. The largest absolute Gasteiger partial charge is 0.508 e. The first-order valence-corrected chi connectivity index (χ1v) is 6.40. The fourth-order valence-corrected chi connectivity index (χ4v) is 3.40. The van der Waals surface area contributed by atoms with Gasteiger partial charge in [-0.25, -0.2) is 4.98 Å². The van der Waals surface area contributed by atoms with E-state index >= 15 is 0 Å². The number of phenolic OH excluding ortho intramolecular Hbond substituents is 1. The van der Waals surface area contributed by atoms with Gasteiger partial charge in [-0.05, 0) is 18.2 Å². The third-order valence-corrected chi connectivity index (χ3v) is 4.28. The molecule has 5 heteroatoms. The first kappa shape index (κ1) is 9.18. The quantitative estimate of drug-likeness (QED) is 0.827. The highest BCUT2D eigenvalue weighted by Crippen LogP contribution is 2.29. The molecule has 1 aliphatic heterocycles. The number of benzene rings is 1. The van der Waals surface area contributed by atoms with Crippen molar-refractivity contribution in [3.63, 3.8) is 0 Å². The minimum absolute atomic E-state index is 0.290. The minimum atomic E-state index is 0.290. The van der Waals surface area contributed by atoms with E-state index < -0.39 is 0 Å². The Kier molecular flexibility index (Phi) is 2.14. The van der Waals surface area contributed by atoms with Gasteiger partial charge >= 0.3 is 0 Å². The van der Waals surface area contributed by atoms with Crippen molar-refractivity contribution in [3.8, 4) is 5.75 Å². The smallest absolute Gasteiger partial charge is 0.149 e. The number of aromatic nitrogens is 1. The molecule has 0 amide bonds. The number of fused-ring (bicyclic) bond motifs is 1. The van der Waals surface area contributed by atoms with Crippen molar-refractivity contribution in [2.75, 3.05) is 12.3 Å². The van der Waals surface area contributed by atoms with E-state index in [0.717, 1.165) is 32.6 Å². The van der Waals surface area contributed by atoms with E-state index in [1.54, 1.807) is 35.2 Å². The summed E-state index contributed by atoms with van der Waals surface area (Å²) in [4.78, 5) is 8.88. The fraction of sp³-hybridized carbons (Fsp3) is 0.200. The van der Waals surface area contributed by atoms with Gasteiger partial charge in [-0.3, -0.25) is 4.99 Å². The van der Waals surface area contributed by atoms with Crippen LogP contribution in [0.3, 0.4) is 0 Å². The van der Waals surface area contributed by atoms with E-state index in [1.807, 2.05) is 6.07 Å². The predicted octanol–water partition coefficient (Wildman–Crippen LogP) is 2.50. The minimum Gasteiger partial charge on any atom is -0.508 e. The molecular weight excluding hydrogens is 228 g/mol. The molecule has 0 unspecified atom stereocenters. The van der Waals surface area contributed by atoms with Gasteiger partial charge in [-0.2, -0.15) is 0 Å². The average molecular weight is 236 g/mol. The van der Waals surface area contributed by atoms with Gasteiger partial charge in [0.05, 0.1) is 10.2 Å². The molecule has 0 saturated carbocycles. The van der Waals surface area contributed by atoms with Crippen LogP contribution in [0.25, 0.3) is 10.2 Å². The molecular formula is C10H8N2OS2. The van der Waals surface area contributed by atoms with Crippen LogP contribution < -0.4 is 0 Å². The maximum absolute atomic E-state index is 9.35. The van der Waals surface area contributed by atoms with Crippen molar-refractivity contribution in [2.45, 2.75) is 0 Å². The second-order valence-electron chi connectivity index (χ2n) is 3.21. The van der Waals surface area contributed by atoms with Crippen molar-refractivity contribution in [1.82, 2.24) is 4.98 Å². The maximum atomic E-state index is 9.35. The summed E-state index contributed by atoms with van der Waals surface area (Å²) >= 11 is 3.34. The Morgan fingerprint density at radius 1 is 1.33 bits per heavy atom. The van der Waals surface area contributed by atoms with Crippen molar-refractivity contribution in [3.05, 3.63) is 23.2 Å². The van der Waals surface area contributed by atoms with Crippen LogP contribution in [0.2, 0.25) is 0 Å². The van der Waals surface area contributed by atoms with E-state index in [-0.39, 0.29) is 0 Å². The van der Waals surface area contributed by atoms with E-state index in [0.29, 0.717) is 5.75 Å². The highest BCUT2D eigenvalue weighted by molar-refractivity contribution is 8.15. The summed E-state index contributed by atoms with van der Waals surface area (Å²) in [7, 11) is 0. The number of hydrogen-bond donors (Lipinski definition) is 1. The lowest BCUT2D eigenvalue weighted by Gasteiger charge is -1.89. The number of rotatable bonds is 1. The lowest BCUT2D eigenvalue weighted by atomic mass is 10.3. The Balaban J connectivity index is 2.13. The molecule has 3 nitrogen and oxygen atoms in total. The number of aliphatic imine (C=N–C) groups is 1. The summed E-state index contributed by atoms with van der Waals surface area (Å²) in [6.07, 6.45) is 0. The summed E-state index contributed by atoms with van der Waals surface area (Å²) in [5, 5.41) is 11.4. The predicted molar refractivity (Wildman–Crippen MR) is 65.1 cm³/mol. The zero-order chi connectivity index (χ0) is 10.3. The first-order chi connectivity index (χ1) is 7.33. The Hall–Kier alpha value is -1.07. The summed E-state index contributed by atoms with van der Waals surface area (Å²) in [6.45, 7) is 0.890. The number of nitrogens with zero attached hydrogens (tertiary/aromatic N) is 2. The first-order valence-electron chi connectivity index (χ1n) is 4.60. The molecule has 0 atom stereocenters. The summed E-state index contributed by atoms with van der Waals surface area (Å²) in [5.74, 6) is 1.34. The molecule has 1 aromatic carbocycles. The zero-order valence-electron chi connectivity index (χ0n) is 7.80. The number of phenols is 1. The monoisotopic (exact) mass is 236 g/mol. The van der Waals surface area contributed by atoms with Crippen LogP contribution in [0.5, 0.6) is 5.75 Å². The molecule has 1 aliphatic rings. The van der Waals surface area contributed by atoms with Gasteiger partial charge in [0.15, 0.2) is 0 Å². The summed E-state index contributed by atoms with van der Waals surface area (Å²) in [5.41, 5.74) is 0.933. The van der Waals surface area contributed by atoms with Crippen molar-refractivity contribution < 1.29 is 5.11 Å². The lowest BCUT2D eigenvalue weighted by molar-refractivity contribution is 0.476. The SMILES string of the molecule is Oc1ccc2nc(C3=NCCS3)sc2c1. The zero-order valence-corrected chi connectivity index (χ0v) is 9.44. The van der Waals surface area contributed by atoms with Crippen LogP contribution in [-0.4, -0.2) is 27.4 Å². The molecule has 0 bridgehead atoms. The Morgan fingerprint density at radius 3 is 3.07 bits per heavy atom. The number of thiazole rings is 1. The van der Waals surface area contributed by atoms with Crippen LogP contribution >= 0.6 is 23.1 Å². The van der Waals surface area contributed by atoms with Gasteiger partial charge in [-0.1, -0.05) is 0 Å². The Morgan fingerprint density at radius 2 is 2.27 bits per heavy atom. The van der Waals surface area contributed by atoms with Gasteiger partial charge in [-0.15, -0.1) is 23.1 Å². The summed E-state index contributed by atoms with van der Waals surface area (Å²) in [6, 6.07) is 5.25. The third-order valence-electron chi connectivity index (χ3n) is 2.14. The molecule has 0 fully saturated rings. The fourth-order valence-electron chi connectivity index (χ4n) is 1.47. The Bertz CT molecular complexity index is 547. The molecule has 15 heavy (non-hydrogen) atoms. The second-order valence-corrected chi connectivity index (χ2v) is 5.32. The lowest BCUT2D eigenvalue weighted by Crippen LogP contribution is -1.88. The number of thioether (sulfide) groups is 1. The van der Waals surface area contributed by atoms with E-state index in [2.05, 4.69) is 9.98 Å². The van der Waals surface area contributed by atoms with Crippen LogP contribution in [0.15, 0.2) is 23.2 Å². The van der Waals surface area contributed by atoms with E-state index in [9.17, 15) is 5.11 Å². The summed E-state index contributed by atoms with van der Waals surface area (Å²) < 4.78 is 1.01. The third kappa shape index (κ3) is 1.61. The molecule has 0 radical (unpaired) electrons. The highest BCUT2D eigenvalue weighted by atomic mass is 32.2. The van der Waals surface area contributed by atoms with Crippen LogP contribution in [0.1, 0.15) is 5.01 Å².